The molecule has 8 rings (SSSR count). The highest BCUT2D eigenvalue weighted by Crippen LogP contribution is 2.39. The first-order valence-corrected chi connectivity index (χ1v) is 19.3. The van der Waals surface area contributed by atoms with Crippen LogP contribution in [0.3, 0.4) is 0 Å². The van der Waals surface area contributed by atoms with Crippen molar-refractivity contribution in [3.05, 3.63) is 110 Å². The van der Waals surface area contributed by atoms with Crippen LogP contribution < -0.4 is 20.5 Å². The Hall–Kier alpha value is -5.81. The zero-order chi connectivity index (χ0) is 40.7. The number of rotatable bonds is 10. The third-order valence-electron chi connectivity index (χ3n) is 10.8. The van der Waals surface area contributed by atoms with E-state index in [1.54, 1.807) is 16.4 Å². The van der Waals surface area contributed by atoms with Crippen LogP contribution in [0, 0.1) is 12.8 Å². The monoisotopic (exact) mass is 817 g/mol. The number of alkyl halides is 3. The highest BCUT2D eigenvalue weighted by Gasteiger charge is 2.46. The van der Waals surface area contributed by atoms with Crippen LogP contribution >= 0.6 is 11.6 Å². The quantitative estimate of drug-likeness (QED) is 0.189. The number of anilines is 2. The molecule has 0 spiro atoms. The van der Waals surface area contributed by atoms with Gasteiger partial charge in [-0.2, -0.15) is 22.7 Å². The van der Waals surface area contributed by atoms with Crippen LogP contribution in [0.25, 0.3) is 11.4 Å². The zero-order valence-corrected chi connectivity index (χ0v) is 32.4. The molecule has 2 amide bonds. The normalized spacial score (nSPS) is 18.1. The number of hydrogen-bond donors (Lipinski definition) is 1. The molecule has 2 aromatic carbocycles. The fraction of sp³-hybridized carbons (Fsp3) is 0.375. The molecular formula is C40H39ClF3N9O5. The van der Waals surface area contributed by atoms with Gasteiger partial charge in [0.25, 0.3) is 11.5 Å². The molecule has 3 aliphatic heterocycles. The molecule has 5 aromatic rings. The van der Waals surface area contributed by atoms with E-state index < -0.39 is 23.2 Å². The van der Waals surface area contributed by atoms with Gasteiger partial charge in [-0.3, -0.25) is 14.4 Å². The van der Waals surface area contributed by atoms with Crippen molar-refractivity contribution in [3.8, 4) is 5.75 Å². The number of likely N-dealkylation sites (tertiary alicyclic amines) is 1. The SMILES string of the molecule is CCc1c(N2CC3CCN(C(=O)c4ncnc(C)c4OCc4ccccc4)CC32)c(=O)n2nc(C3=CCOCC3)nc2n1CC(=O)Nc1ccc(C(F)(F)F)cc1Cl. The van der Waals surface area contributed by atoms with Gasteiger partial charge in [0.15, 0.2) is 17.3 Å². The number of aromatic nitrogens is 6. The molecule has 0 radical (unpaired) electrons. The molecule has 14 nitrogen and oxygen atoms in total. The molecule has 2 unspecified atom stereocenters. The molecular weight excluding hydrogens is 779 g/mol. The minimum absolute atomic E-state index is 0.00502. The van der Waals surface area contributed by atoms with E-state index in [2.05, 4.69) is 20.4 Å². The van der Waals surface area contributed by atoms with Crippen molar-refractivity contribution in [1.29, 1.82) is 0 Å². The fourth-order valence-electron chi connectivity index (χ4n) is 7.80. The second-order valence-electron chi connectivity index (χ2n) is 14.4. The maximum atomic E-state index is 14.5. The summed E-state index contributed by atoms with van der Waals surface area (Å²) >= 11 is 6.18. The van der Waals surface area contributed by atoms with E-state index in [0.717, 1.165) is 29.3 Å². The number of carbonyl (C=O) groups is 2. The van der Waals surface area contributed by atoms with Gasteiger partial charge in [-0.05, 0) is 55.5 Å². The summed E-state index contributed by atoms with van der Waals surface area (Å²) in [4.78, 5) is 59.4. The Bertz CT molecular complexity index is 2490. The Balaban J connectivity index is 1.11. The lowest BCUT2D eigenvalue weighted by Crippen LogP contribution is -2.66. The van der Waals surface area contributed by atoms with Crippen molar-refractivity contribution in [3.63, 3.8) is 0 Å². The summed E-state index contributed by atoms with van der Waals surface area (Å²) in [6, 6.07) is 12.0. The summed E-state index contributed by atoms with van der Waals surface area (Å²) in [6.07, 6.45) is 0.103. The molecule has 58 heavy (non-hydrogen) atoms. The predicted octanol–water partition coefficient (Wildman–Crippen LogP) is 5.60. The van der Waals surface area contributed by atoms with E-state index in [0.29, 0.717) is 80.8 Å². The number of amides is 2. The second-order valence-corrected chi connectivity index (χ2v) is 14.8. The predicted molar refractivity (Wildman–Crippen MR) is 208 cm³/mol. The molecule has 18 heteroatoms. The molecule has 302 valence electrons. The van der Waals surface area contributed by atoms with Crippen molar-refractivity contribution in [2.45, 2.75) is 58.5 Å². The third kappa shape index (κ3) is 7.51. The Labute approximate surface area is 335 Å². The van der Waals surface area contributed by atoms with Gasteiger partial charge >= 0.3 is 6.18 Å². The molecule has 2 fully saturated rings. The van der Waals surface area contributed by atoms with E-state index in [4.69, 9.17) is 26.1 Å². The van der Waals surface area contributed by atoms with Gasteiger partial charge < -0.3 is 29.2 Å². The molecule has 0 saturated carbocycles. The van der Waals surface area contributed by atoms with Crippen molar-refractivity contribution in [2.24, 2.45) is 5.92 Å². The van der Waals surface area contributed by atoms with Gasteiger partial charge in [0.1, 0.15) is 25.2 Å². The molecule has 3 aromatic heterocycles. The van der Waals surface area contributed by atoms with Gasteiger partial charge in [0.05, 0.1) is 46.9 Å². The lowest BCUT2D eigenvalue weighted by Gasteiger charge is -2.54. The van der Waals surface area contributed by atoms with Crippen LogP contribution in [-0.4, -0.2) is 84.7 Å². The lowest BCUT2D eigenvalue weighted by atomic mass is 9.81. The highest BCUT2D eigenvalue weighted by molar-refractivity contribution is 6.33. The second kappa shape index (κ2) is 15.9. The first-order valence-electron chi connectivity index (χ1n) is 18.9. The van der Waals surface area contributed by atoms with Crippen LogP contribution in [0.5, 0.6) is 5.75 Å². The van der Waals surface area contributed by atoms with Crippen LogP contribution in [-0.2, 0) is 35.3 Å². The molecule has 1 N–H and O–H groups in total. The summed E-state index contributed by atoms with van der Waals surface area (Å²) in [5, 5.41) is 6.96. The maximum absolute atomic E-state index is 14.5. The van der Waals surface area contributed by atoms with Gasteiger partial charge in [-0.15, -0.1) is 5.10 Å². The van der Waals surface area contributed by atoms with Crippen molar-refractivity contribution < 1.29 is 32.2 Å². The van der Waals surface area contributed by atoms with Crippen molar-refractivity contribution >= 4 is 46.1 Å². The van der Waals surface area contributed by atoms with E-state index in [1.165, 1.54) is 10.8 Å². The maximum Gasteiger partial charge on any atom is 0.416 e. The van der Waals surface area contributed by atoms with Gasteiger partial charge in [-0.1, -0.05) is 54.9 Å². The summed E-state index contributed by atoms with van der Waals surface area (Å²) < 4.78 is 54.3. The Morgan fingerprint density at radius 3 is 2.64 bits per heavy atom. The lowest BCUT2D eigenvalue weighted by molar-refractivity contribution is -0.137. The summed E-state index contributed by atoms with van der Waals surface area (Å²) in [5.41, 5.74) is 1.86. The molecule has 2 saturated heterocycles. The minimum Gasteiger partial charge on any atom is -0.485 e. The number of nitrogens with one attached hydrogen (secondary N) is 1. The first kappa shape index (κ1) is 39.0. The number of piperidine rings is 1. The van der Waals surface area contributed by atoms with E-state index in [9.17, 15) is 27.6 Å². The Kier molecular flexibility index (Phi) is 10.7. The number of nitrogens with zero attached hydrogens (tertiary/aromatic N) is 8. The number of carbonyl (C=O) groups excluding carboxylic acids is 2. The van der Waals surface area contributed by atoms with Gasteiger partial charge in [-0.25, -0.2) is 9.97 Å². The van der Waals surface area contributed by atoms with Crippen LogP contribution in [0.15, 0.2) is 65.7 Å². The van der Waals surface area contributed by atoms with Crippen LogP contribution in [0.4, 0.5) is 24.5 Å². The Morgan fingerprint density at radius 1 is 1.10 bits per heavy atom. The standard InChI is InChI=1S/C40H39ClF3N9O5/c1-3-30-34(51-18-26-11-14-50(19-31(26)51)37(55)33-35(23(2)45-22-46-33)58-21-24-7-5-4-6-8-24)38(56)53-39(48-36(49-53)25-12-15-57-16-13-25)52(30)20-32(54)47-29-10-9-27(17-28(29)41)40(42,43)44/h4-10,12,17,22,26,31H,3,11,13-16,18-21H2,1-2H3,(H,47,54). The smallest absolute Gasteiger partial charge is 0.416 e. The van der Waals surface area contributed by atoms with Gasteiger partial charge in [0.2, 0.25) is 11.7 Å². The molecule has 0 aliphatic carbocycles. The van der Waals surface area contributed by atoms with Crippen molar-refractivity contribution in [2.75, 3.05) is 43.1 Å². The number of fused-ring (bicyclic) bond motifs is 2. The molecule has 2 atom stereocenters. The topological polar surface area (TPSA) is 149 Å². The minimum atomic E-state index is -4.61. The third-order valence-corrected chi connectivity index (χ3v) is 11.1. The Morgan fingerprint density at radius 2 is 1.91 bits per heavy atom. The molecule has 6 heterocycles. The van der Waals surface area contributed by atoms with E-state index in [1.807, 2.05) is 48.2 Å². The highest BCUT2D eigenvalue weighted by atomic mass is 35.5. The summed E-state index contributed by atoms with van der Waals surface area (Å²) in [5.74, 6) is 0.0167. The van der Waals surface area contributed by atoms with E-state index in [-0.39, 0.29) is 53.2 Å². The van der Waals surface area contributed by atoms with E-state index >= 15 is 0 Å². The van der Waals surface area contributed by atoms with Crippen LogP contribution in [0.1, 0.15) is 58.6 Å². The fourth-order valence-corrected chi connectivity index (χ4v) is 8.02. The number of hydrogen-bond acceptors (Lipinski definition) is 10. The largest absolute Gasteiger partial charge is 0.485 e. The van der Waals surface area contributed by atoms with Gasteiger partial charge in [0, 0.05) is 25.6 Å². The number of halogens is 4. The summed E-state index contributed by atoms with van der Waals surface area (Å²) in [6.45, 7) is 5.62. The molecule has 0 bridgehead atoms. The zero-order valence-electron chi connectivity index (χ0n) is 31.6. The number of benzene rings is 2. The van der Waals surface area contributed by atoms with Crippen molar-refractivity contribution in [1.82, 2.24) is 34.0 Å². The first-order chi connectivity index (χ1) is 27.9. The molecule has 3 aliphatic rings. The average molecular weight is 818 g/mol. The van der Waals surface area contributed by atoms with Crippen LogP contribution in [0.2, 0.25) is 5.02 Å². The summed E-state index contributed by atoms with van der Waals surface area (Å²) in [7, 11) is 0. The number of ether oxygens (including phenoxy) is 2. The number of aryl methyl sites for hydroxylation is 1. The average Bonchev–Trinajstić information content (AvgIpc) is 3.66.